The summed E-state index contributed by atoms with van der Waals surface area (Å²) in [5.74, 6) is -0.136. The molecule has 0 bridgehead atoms. The molecule has 0 heterocycles. The van der Waals surface area contributed by atoms with Gasteiger partial charge in [0.2, 0.25) is 0 Å². The van der Waals surface area contributed by atoms with Crippen LogP contribution in [0.4, 0.5) is 10.1 Å². The van der Waals surface area contributed by atoms with Crippen molar-refractivity contribution in [2.75, 3.05) is 5.32 Å². The minimum absolute atomic E-state index is 0.136. The molecule has 2 aromatic carbocycles. The molecule has 0 spiro atoms. The SMILES string of the molecule is Cc1cc(NC(C)Cc2ccccc2F)ccc1Br. The van der Waals surface area contributed by atoms with E-state index in [1.54, 1.807) is 6.07 Å². The lowest BCUT2D eigenvalue weighted by Crippen LogP contribution is -2.18. The van der Waals surface area contributed by atoms with Crippen molar-refractivity contribution in [3.05, 3.63) is 63.9 Å². The minimum Gasteiger partial charge on any atom is -0.382 e. The monoisotopic (exact) mass is 321 g/mol. The van der Waals surface area contributed by atoms with Crippen LogP contribution in [-0.4, -0.2) is 6.04 Å². The summed E-state index contributed by atoms with van der Waals surface area (Å²) in [6, 6.07) is 13.2. The quantitative estimate of drug-likeness (QED) is 0.841. The highest BCUT2D eigenvalue weighted by atomic mass is 79.9. The second-order valence-electron chi connectivity index (χ2n) is 4.80. The first-order valence-electron chi connectivity index (χ1n) is 6.32. The van der Waals surface area contributed by atoms with Crippen LogP contribution in [0.3, 0.4) is 0 Å². The molecule has 1 unspecified atom stereocenters. The molecule has 0 aliphatic heterocycles. The van der Waals surface area contributed by atoms with E-state index in [0.29, 0.717) is 6.42 Å². The summed E-state index contributed by atoms with van der Waals surface area (Å²) in [5, 5.41) is 3.40. The molecule has 100 valence electrons. The molecule has 2 rings (SSSR count). The molecule has 0 saturated heterocycles. The van der Waals surface area contributed by atoms with E-state index in [1.807, 2.05) is 24.3 Å². The lowest BCUT2D eigenvalue weighted by atomic mass is 10.1. The smallest absolute Gasteiger partial charge is 0.126 e. The van der Waals surface area contributed by atoms with Crippen LogP contribution in [0.25, 0.3) is 0 Å². The van der Waals surface area contributed by atoms with E-state index in [-0.39, 0.29) is 11.9 Å². The van der Waals surface area contributed by atoms with E-state index in [9.17, 15) is 4.39 Å². The largest absolute Gasteiger partial charge is 0.382 e. The predicted molar refractivity (Wildman–Crippen MR) is 82.1 cm³/mol. The first-order valence-corrected chi connectivity index (χ1v) is 7.11. The molecule has 0 aromatic heterocycles. The minimum atomic E-state index is -0.136. The van der Waals surface area contributed by atoms with Gasteiger partial charge in [-0.25, -0.2) is 4.39 Å². The third-order valence-electron chi connectivity index (χ3n) is 3.05. The summed E-state index contributed by atoms with van der Waals surface area (Å²) in [5.41, 5.74) is 2.99. The van der Waals surface area contributed by atoms with Crippen molar-refractivity contribution < 1.29 is 4.39 Å². The number of hydrogen-bond donors (Lipinski definition) is 1. The molecule has 0 radical (unpaired) electrons. The van der Waals surface area contributed by atoms with Gasteiger partial charge in [-0.3, -0.25) is 0 Å². The van der Waals surface area contributed by atoms with Crippen molar-refractivity contribution in [1.82, 2.24) is 0 Å². The molecule has 1 atom stereocenters. The van der Waals surface area contributed by atoms with E-state index < -0.39 is 0 Å². The maximum Gasteiger partial charge on any atom is 0.126 e. The van der Waals surface area contributed by atoms with Crippen LogP contribution < -0.4 is 5.32 Å². The zero-order chi connectivity index (χ0) is 13.8. The van der Waals surface area contributed by atoms with E-state index in [4.69, 9.17) is 0 Å². The van der Waals surface area contributed by atoms with Crippen molar-refractivity contribution in [2.45, 2.75) is 26.3 Å². The van der Waals surface area contributed by atoms with Crippen molar-refractivity contribution >= 4 is 21.6 Å². The van der Waals surface area contributed by atoms with Gasteiger partial charge in [-0.15, -0.1) is 0 Å². The molecule has 19 heavy (non-hydrogen) atoms. The lowest BCUT2D eigenvalue weighted by Gasteiger charge is -2.16. The molecule has 0 aliphatic carbocycles. The normalized spacial score (nSPS) is 12.2. The Balaban J connectivity index is 2.03. The molecule has 0 amide bonds. The van der Waals surface area contributed by atoms with Gasteiger partial charge >= 0.3 is 0 Å². The molecular formula is C16H17BrFN. The number of anilines is 1. The molecule has 3 heteroatoms. The number of benzene rings is 2. The summed E-state index contributed by atoms with van der Waals surface area (Å²) >= 11 is 3.48. The fourth-order valence-corrected chi connectivity index (χ4v) is 2.31. The Morgan fingerprint density at radius 2 is 1.95 bits per heavy atom. The Kier molecular flexibility index (Phi) is 4.59. The Bertz CT molecular complexity index is 568. The first-order chi connectivity index (χ1) is 9.06. The van der Waals surface area contributed by atoms with Gasteiger partial charge in [0.25, 0.3) is 0 Å². The molecule has 2 aromatic rings. The zero-order valence-electron chi connectivity index (χ0n) is 11.1. The summed E-state index contributed by atoms with van der Waals surface area (Å²) < 4.78 is 14.7. The fraction of sp³-hybridized carbons (Fsp3) is 0.250. The summed E-state index contributed by atoms with van der Waals surface area (Å²) in [6.45, 7) is 4.11. The van der Waals surface area contributed by atoms with Crippen molar-refractivity contribution in [2.24, 2.45) is 0 Å². The zero-order valence-corrected chi connectivity index (χ0v) is 12.7. The Morgan fingerprint density at radius 1 is 1.21 bits per heavy atom. The van der Waals surface area contributed by atoms with Gasteiger partial charge in [-0.1, -0.05) is 34.1 Å². The number of nitrogens with one attached hydrogen (secondary N) is 1. The summed E-state index contributed by atoms with van der Waals surface area (Å²) in [6.07, 6.45) is 0.668. The molecule has 1 N–H and O–H groups in total. The first kappa shape index (κ1) is 14.1. The van der Waals surface area contributed by atoms with Gasteiger partial charge in [0.05, 0.1) is 0 Å². The van der Waals surface area contributed by atoms with E-state index >= 15 is 0 Å². The van der Waals surface area contributed by atoms with Crippen molar-refractivity contribution in [1.29, 1.82) is 0 Å². The van der Waals surface area contributed by atoms with Crippen LogP contribution in [-0.2, 0) is 6.42 Å². The number of aryl methyl sites for hydroxylation is 1. The molecule has 1 nitrogen and oxygen atoms in total. The van der Waals surface area contributed by atoms with Crippen LogP contribution in [0.1, 0.15) is 18.1 Å². The number of rotatable bonds is 4. The van der Waals surface area contributed by atoms with Gasteiger partial charge in [0.15, 0.2) is 0 Å². The maximum atomic E-state index is 13.6. The standard InChI is InChI=1S/C16H17BrFN/c1-11-9-14(7-8-15(11)17)19-12(2)10-13-5-3-4-6-16(13)18/h3-9,12,19H,10H2,1-2H3. The number of hydrogen-bond acceptors (Lipinski definition) is 1. The highest BCUT2D eigenvalue weighted by Crippen LogP contribution is 2.21. The van der Waals surface area contributed by atoms with Gasteiger partial charge in [0.1, 0.15) is 5.82 Å². The van der Waals surface area contributed by atoms with Gasteiger partial charge < -0.3 is 5.32 Å². The topological polar surface area (TPSA) is 12.0 Å². The van der Waals surface area contributed by atoms with Crippen LogP contribution >= 0.6 is 15.9 Å². The maximum absolute atomic E-state index is 13.6. The van der Waals surface area contributed by atoms with Crippen LogP contribution in [0.5, 0.6) is 0 Å². The molecular weight excluding hydrogens is 305 g/mol. The van der Waals surface area contributed by atoms with E-state index in [0.717, 1.165) is 15.7 Å². The average Bonchev–Trinajstić information content (AvgIpc) is 2.37. The number of halogens is 2. The van der Waals surface area contributed by atoms with E-state index in [1.165, 1.54) is 11.6 Å². The molecule has 0 saturated carbocycles. The summed E-state index contributed by atoms with van der Waals surface area (Å²) in [4.78, 5) is 0. The average molecular weight is 322 g/mol. The van der Waals surface area contributed by atoms with Gasteiger partial charge in [0, 0.05) is 16.2 Å². The van der Waals surface area contributed by atoms with Gasteiger partial charge in [-0.2, -0.15) is 0 Å². The Hall–Kier alpha value is -1.35. The van der Waals surface area contributed by atoms with Gasteiger partial charge in [-0.05, 0) is 55.7 Å². The van der Waals surface area contributed by atoms with Crippen molar-refractivity contribution in [3.8, 4) is 0 Å². The van der Waals surface area contributed by atoms with Crippen molar-refractivity contribution in [3.63, 3.8) is 0 Å². The highest BCUT2D eigenvalue weighted by Gasteiger charge is 2.07. The molecule has 0 aliphatic rings. The third-order valence-corrected chi connectivity index (χ3v) is 3.94. The highest BCUT2D eigenvalue weighted by molar-refractivity contribution is 9.10. The third kappa shape index (κ3) is 3.80. The summed E-state index contributed by atoms with van der Waals surface area (Å²) in [7, 11) is 0. The second kappa shape index (κ2) is 6.20. The Morgan fingerprint density at radius 3 is 2.63 bits per heavy atom. The lowest BCUT2D eigenvalue weighted by molar-refractivity contribution is 0.601. The van der Waals surface area contributed by atoms with Crippen LogP contribution in [0.2, 0.25) is 0 Å². The molecule has 0 fully saturated rings. The second-order valence-corrected chi connectivity index (χ2v) is 5.66. The fourth-order valence-electron chi connectivity index (χ4n) is 2.06. The Labute approximate surface area is 122 Å². The van der Waals surface area contributed by atoms with E-state index in [2.05, 4.69) is 41.2 Å². The van der Waals surface area contributed by atoms with Crippen LogP contribution in [0, 0.1) is 12.7 Å². The predicted octanol–water partition coefficient (Wildman–Crippen LogP) is 4.94. The van der Waals surface area contributed by atoms with Crippen LogP contribution in [0.15, 0.2) is 46.9 Å².